The van der Waals surface area contributed by atoms with Gasteiger partial charge in [0, 0.05) is 18.0 Å². The van der Waals surface area contributed by atoms with Gasteiger partial charge >= 0.3 is 0 Å². The first-order valence-electron chi connectivity index (χ1n) is 7.64. The third kappa shape index (κ3) is 3.38. The summed E-state index contributed by atoms with van der Waals surface area (Å²) in [5.41, 5.74) is 1.41. The first kappa shape index (κ1) is 13.7. The molecule has 1 heterocycles. The molecule has 2 rings (SSSR count). The van der Waals surface area contributed by atoms with Gasteiger partial charge in [-0.15, -0.1) is 0 Å². The molecule has 1 aliphatic rings. The number of unbranched alkanes of at least 4 members (excludes halogenated alkanes) is 1. The van der Waals surface area contributed by atoms with Crippen LogP contribution in [0.25, 0.3) is 0 Å². The Hall–Kier alpha value is -0.760. The number of hydrogen-bond acceptors (Lipinski definition) is 2. The summed E-state index contributed by atoms with van der Waals surface area (Å²) in [6.45, 7) is 5.75. The second-order valence-electron chi connectivity index (χ2n) is 5.57. The van der Waals surface area contributed by atoms with Gasteiger partial charge in [-0.2, -0.15) is 0 Å². The zero-order valence-corrected chi connectivity index (χ0v) is 11.9. The Morgan fingerprint density at radius 1 is 1.44 bits per heavy atom. The minimum Gasteiger partial charge on any atom is -0.469 e. The van der Waals surface area contributed by atoms with Crippen molar-refractivity contribution < 1.29 is 4.42 Å². The van der Waals surface area contributed by atoms with Gasteiger partial charge in [0.2, 0.25) is 0 Å². The Morgan fingerprint density at radius 2 is 2.33 bits per heavy atom. The van der Waals surface area contributed by atoms with Crippen LogP contribution in [-0.2, 0) is 6.42 Å². The van der Waals surface area contributed by atoms with Gasteiger partial charge in [-0.05, 0) is 37.8 Å². The third-order valence-corrected chi connectivity index (χ3v) is 4.25. The molecule has 0 bridgehead atoms. The predicted octanol–water partition coefficient (Wildman–Crippen LogP) is 4.46. The van der Waals surface area contributed by atoms with Crippen LogP contribution in [0.4, 0.5) is 0 Å². The maximum Gasteiger partial charge on any atom is 0.108 e. The van der Waals surface area contributed by atoms with Crippen LogP contribution in [0, 0.1) is 5.92 Å². The SMILES string of the molecule is CCCCC(CC)CNC1CCCc2occc21. The van der Waals surface area contributed by atoms with E-state index in [2.05, 4.69) is 25.2 Å². The van der Waals surface area contributed by atoms with E-state index in [0.717, 1.165) is 18.9 Å². The highest BCUT2D eigenvalue weighted by molar-refractivity contribution is 5.23. The van der Waals surface area contributed by atoms with Crippen molar-refractivity contribution in [3.63, 3.8) is 0 Å². The molecule has 0 saturated carbocycles. The van der Waals surface area contributed by atoms with Crippen LogP contribution in [0.5, 0.6) is 0 Å². The number of hydrogen-bond donors (Lipinski definition) is 1. The summed E-state index contributed by atoms with van der Waals surface area (Å²) in [5.74, 6) is 2.04. The van der Waals surface area contributed by atoms with E-state index in [1.165, 1.54) is 49.8 Å². The highest BCUT2D eigenvalue weighted by atomic mass is 16.3. The molecule has 2 atom stereocenters. The number of nitrogens with one attached hydrogen (secondary N) is 1. The number of fused-ring (bicyclic) bond motifs is 1. The summed E-state index contributed by atoms with van der Waals surface area (Å²) < 4.78 is 5.54. The first-order valence-corrected chi connectivity index (χ1v) is 7.64. The number of aryl methyl sites for hydroxylation is 1. The number of rotatable bonds is 7. The maximum absolute atomic E-state index is 5.54. The van der Waals surface area contributed by atoms with Gasteiger partial charge in [0.15, 0.2) is 0 Å². The molecule has 1 N–H and O–H groups in total. The molecule has 2 unspecified atom stereocenters. The smallest absolute Gasteiger partial charge is 0.108 e. The highest BCUT2D eigenvalue weighted by Crippen LogP contribution is 2.30. The average Bonchev–Trinajstić information content (AvgIpc) is 2.88. The maximum atomic E-state index is 5.54. The Bertz CT molecular complexity index is 345. The second kappa shape index (κ2) is 6.98. The molecule has 0 aromatic carbocycles. The molecule has 2 heteroatoms. The van der Waals surface area contributed by atoms with Gasteiger partial charge in [0.05, 0.1) is 6.26 Å². The molecular formula is C16H27NO. The lowest BCUT2D eigenvalue weighted by atomic mass is 9.92. The Labute approximate surface area is 111 Å². The molecule has 1 aromatic heterocycles. The van der Waals surface area contributed by atoms with Crippen molar-refractivity contribution in [3.8, 4) is 0 Å². The average molecular weight is 249 g/mol. The molecular weight excluding hydrogens is 222 g/mol. The van der Waals surface area contributed by atoms with Crippen molar-refractivity contribution in [2.45, 2.75) is 64.8 Å². The molecule has 0 spiro atoms. The molecule has 0 amide bonds. The van der Waals surface area contributed by atoms with Crippen LogP contribution in [0.3, 0.4) is 0 Å². The zero-order chi connectivity index (χ0) is 12.8. The lowest BCUT2D eigenvalue weighted by Crippen LogP contribution is -2.29. The molecule has 1 aliphatic carbocycles. The quantitative estimate of drug-likeness (QED) is 0.771. The third-order valence-electron chi connectivity index (χ3n) is 4.25. The van der Waals surface area contributed by atoms with E-state index in [1.807, 2.05) is 6.26 Å². The molecule has 2 nitrogen and oxygen atoms in total. The topological polar surface area (TPSA) is 25.2 Å². The first-order chi connectivity index (χ1) is 8.85. The van der Waals surface area contributed by atoms with Gasteiger partial charge in [0.25, 0.3) is 0 Å². The lowest BCUT2D eigenvalue weighted by molar-refractivity contribution is 0.359. The molecule has 102 valence electrons. The minimum atomic E-state index is 0.531. The van der Waals surface area contributed by atoms with Crippen molar-refractivity contribution in [2.24, 2.45) is 5.92 Å². The van der Waals surface area contributed by atoms with E-state index in [9.17, 15) is 0 Å². The molecule has 18 heavy (non-hydrogen) atoms. The van der Waals surface area contributed by atoms with Gasteiger partial charge in [-0.25, -0.2) is 0 Å². The minimum absolute atomic E-state index is 0.531. The largest absolute Gasteiger partial charge is 0.469 e. The van der Waals surface area contributed by atoms with Crippen LogP contribution in [0.15, 0.2) is 16.7 Å². The van der Waals surface area contributed by atoms with Crippen molar-refractivity contribution in [1.82, 2.24) is 5.32 Å². The van der Waals surface area contributed by atoms with Crippen molar-refractivity contribution in [1.29, 1.82) is 0 Å². The highest BCUT2D eigenvalue weighted by Gasteiger charge is 2.22. The summed E-state index contributed by atoms with van der Waals surface area (Å²) in [6.07, 6.45) is 10.8. The van der Waals surface area contributed by atoms with Gasteiger partial charge in [0.1, 0.15) is 5.76 Å². The van der Waals surface area contributed by atoms with E-state index in [0.29, 0.717) is 6.04 Å². The molecule has 0 saturated heterocycles. The van der Waals surface area contributed by atoms with E-state index in [1.54, 1.807) is 0 Å². The Kier molecular flexibility index (Phi) is 5.30. The summed E-state index contributed by atoms with van der Waals surface area (Å²) in [5, 5.41) is 3.76. The van der Waals surface area contributed by atoms with Crippen LogP contribution < -0.4 is 5.32 Å². The monoisotopic (exact) mass is 249 g/mol. The fraction of sp³-hybridized carbons (Fsp3) is 0.750. The van der Waals surface area contributed by atoms with Crippen molar-refractivity contribution >= 4 is 0 Å². The molecule has 0 fully saturated rings. The van der Waals surface area contributed by atoms with Gasteiger partial charge < -0.3 is 9.73 Å². The van der Waals surface area contributed by atoms with E-state index in [-0.39, 0.29) is 0 Å². The second-order valence-corrected chi connectivity index (χ2v) is 5.57. The molecule has 0 aliphatic heterocycles. The molecule has 0 radical (unpaired) electrons. The summed E-state index contributed by atoms with van der Waals surface area (Å²) in [6, 6.07) is 2.68. The van der Waals surface area contributed by atoms with E-state index >= 15 is 0 Å². The summed E-state index contributed by atoms with van der Waals surface area (Å²) in [4.78, 5) is 0. The zero-order valence-electron chi connectivity index (χ0n) is 11.9. The Balaban J connectivity index is 1.83. The van der Waals surface area contributed by atoms with Gasteiger partial charge in [-0.3, -0.25) is 0 Å². The summed E-state index contributed by atoms with van der Waals surface area (Å²) >= 11 is 0. The van der Waals surface area contributed by atoms with Crippen LogP contribution in [0.1, 0.15) is 69.7 Å². The predicted molar refractivity (Wildman–Crippen MR) is 75.7 cm³/mol. The summed E-state index contributed by atoms with van der Waals surface area (Å²) in [7, 11) is 0. The van der Waals surface area contributed by atoms with E-state index < -0.39 is 0 Å². The van der Waals surface area contributed by atoms with Crippen LogP contribution in [-0.4, -0.2) is 6.54 Å². The van der Waals surface area contributed by atoms with Crippen LogP contribution >= 0.6 is 0 Å². The molecule has 1 aromatic rings. The van der Waals surface area contributed by atoms with Crippen molar-refractivity contribution in [2.75, 3.05) is 6.54 Å². The van der Waals surface area contributed by atoms with Crippen molar-refractivity contribution in [3.05, 3.63) is 23.7 Å². The lowest BCUT2D eigenvalue weighted by Gasteiger charge is -2.25. The standard InChI is InChI=1S/C16H27NO/c1-3-5-7-13(4-2)12-17-15-8-6-9-16-14(15)10-11-18-16/h10-11,13,15,17H,3-9,12H2,1-2H3. The van der Waals surface area contributed by atoms with E-state index in [4.69, 9.17) is 4.42 Å². The normalized spacial score (nSPS) is 20.7. The Morgan fingerprint density at radius 3 is 3.11 bits per heavy atom. The van der Waals surface area contributed by atoms with Crippen LogP contribution in [0.2, 0.25) is 0 Å². The fourth-order valence-electron chi connectivity index (χ4n) is 2.95. The fourth-order valence-corrected chi connectivity index (χ4v) is 2.95. The van der Waals surface area contributed by atoms with Gasteiger partial charge in [-0.1, -0.05) is 33.1 Å². The number of furan rings is 1.